The van der Waals surface area contributed by atoms with Crippen LogP contribution in [0.2, 0.25) is 0 Å². The summed E-state index contributed by atoms with van der Waals surface area (Å²) < 4.78 is 0. The van der Waals surface area contributed by atoms with Crippen molar-refractivity contribution in [3.63, 3.8) is 0 Å². The molecule has 0 radical (unpaired) electrons. The highest BCUT2D eigenvalue weighted by Crippen LogP contribution is 2.41. The van der Waals surface area contributed by atoms with Crippen molar-refractivity contribution in [3.05, 3.63) is 34.9 Å². The number of hydrogen-bond acceptors (Lipinski definition) is 2. The Morgan fingerprint density at radius 3 is 2.38 bits per heavy atom. The van der Waals surface area contributed by atoms with Gasteiger partial charge >= 0.3 is 5.97 Å². The van der Waals surface area contributed by atoms with Gasteiger partial charge in [-0.2, -0.15) is 0 Å². The van der Waals surface area contributed by atoms with Crippen LogP contribution in [0.5, 0.6) is 0 Å². The lowest BCUT2D eigenvalue weighted by Gasteiger charge is -2.31. The zero-order valence-electron chi connectivity index (χ0n) is 13.1. The maximum Gasteiger partial charge on any atom is 0.309 e. The lowest BCUT2D eigenvalue weighted by atomic mass is 9.88. The van der Waals surface area contributed by atoms with Crippen molar-refractivity contribution in [3.8, 4) is 0 Å². The van der Waals surface area contributed by atoms with E-state index in [1.165, 1.54) is 0 Å². The maximum absolute atomic E-state index is 12.3. The van der Waals surface area contributed by atoms with Gasteiger partial charge in [-0.05, 0) is 36.5 Å². The predicted octanol–water partition coefficient (Wildman–Crippen LogP) is 2.93. The summed E-state index contributed by atoms with van der Waals surface area (Å²) in [6, 6.07) is 5.58. The molecule has 1 N–H and O–H groups in total. The van der Waals surface area contributed by atoms with E-state index in [9.17, 15) is 14.7 Å². The molecule has 1 amide bonds. The molecule has 2 rings (SSSR count). The van der Waals surface area contributed by atoms with Crippen molar-refractivity contribution in [1.82, 2.24) is 4.90 Å². The van der Waals surface area contributed by atoms with Gasteiger partial charge in [-0.1, -0.05) is 32.0 Å². The molecule has 0 spiro atoms. The standard InChI is InChI=1S/C17H23NO3/c1-10(2)9-18-14(19)8-13(17(20)21)16(18)15-11(3)6-5-7-12(15)4/h5-7,10,13,16H,8-9H2,1-4H3,(H,20,21). The molecular formula is C17H23NO3. The molecule has 0 saturated carbocycles. The number of benzene rings is 1. The van der Waals surface area contributed by atoms with Gasteiger partial charge in [0.05, 0.1) is 12.0 Å². The van der Waals surface area contributed by atoms with Gasteiger partial charge < -0.3 is 10.0 Å². The minimum atomic E-state index is -0.887. The second-order valence-corrected chi connectivity index (χ2v) is 6.34. The Labute approximate surface area is 125 Å². The summed E-state index contributed by atoms with van der Waals surface area (Å²) in [5.41, 5.74) is 3.10. The highest BCUT2D eigenvalue weighted by Gasteiger charge is 2.45. The molecule has 1 aromatic carbocycles. The third-order valence-electron chi connectivity index (χ3n) is 4.15. The molecule has 1 aliphatic rings. The number of carboxylic acid groups (broad SMARTS) is 1. The Morgan fingerprint density at radius 1 is 1.33 bits per heavy atom. The van der Waals surface area contributed by atoms with E-state index < -0.39 is 11.9 Å². The molecule has 1 aliphatic heterocycles. The van der Waals surface area contributed by atoms with Gasteiger partial charge in [0.2, 0.25) is 5.91 Å². The van der Waals surface area contributed by atoms with E-state index in [0.717, 1.165) is 16.7 Å². The second-order valence-electron chi connectivity index (χ2n) is 6.34. The van der Waals surface area contributed by atoms with Crippen LogP contribution in [-0.2, 0) is 9.59 Å². The third-order valence-corrected chi connectivity index (χ3v) is 4.15. The third kappa shape index (κ3) is 2.94. The normalized spacial score (nSPS) is 22.1. The molecule has 0 bridgehead atoms. The van der Waals surface area contributed by atoms with Crippen molar-refractivity contribution in [2.45, 2.75) is 40.2 Å². The quantitative estimate of drug-likeness (QED) is 0.927. The largest absolute Gasteiger partial charge is 0.481 e. The monoisotopic (exact) mass is 289 g/mol. The van der Waals surface area contributed by atoms with Crippen molar-refractivity contribution >= 4 is 11.9 Å². The predicted molar refractivity (Wildman–Crippen MR) is 81.0 cm³/mol. The molecule has 1 saturated heterocycles. The minimum absolute atomic E-state index is 0.0521. The lowest BCUT2D eigenvalue weighted by Crippen LogP contribution is -2.34. The number of carboxylic acids is 1. The van der Waals surface area contributed by atoms with Crippen LogP contribution in [0.1, 0.15) is 43.0 Å². The summed E-state index contributed by atoms with van der Waals surface area (Å²) >= 11 is 0. The van der Waals surface area contributed by atoms with E-state index >= 15 is 0 Å². The first-order chi connectivity index (χ1) is 9.82. The minimum Gasteiger partial charge on any atom is -0.481 e. The zero-order valence-corrected chi connectivity index (χ0v) is 13.1. The first kappa shape index (κ1) is 15.5. The summed E-state index contributed by atoms with van der Waals surface area (Å²) in [5.74, 6) is -1.28. The number of aryl methyl sites for hydroxylation is 2. The number of likely N-dealkylation sites (tertiary alicyclic amines) is 1. The van der Waals surface area contributed by atoms with Crippen LogP contribution in [-0.4, -0.2) is 28.4 Å². The van der Waals surface area contributed by atoms with Crippen molar-refractivity contribution in [1.29, 1.82) is 0 Å². The number of rotatable bonds is 4. The van der Waals surface area contributed by atoms with Crippen LogP contribution in [0.25, 0.3) is 0 Å². The van der Waals surface area contributed by atoms with Gasteiger partial charge in [-0.3, -0.25) is 9.59 Å². The smallest absolute Gasteiger partial charge is 0.309 e. The fourth-order valence-corrected chi connectivity index (χ4v) is 3.27. The summed E-state index contributed by atoms with van der Waals surface area (Å²) in [7, 11) is 0. The molecule has 4 heteroatoms. The zero-order chi connectivity index (χ0) is 15.7. The molecular weight excluding hydrogens is 266 g/mol. The van der Waals surface area contributed by atoms with E-state index in [1.807, 2.05) is 45.9 Å². The lowest BCUT2D eigenvalue weighted by molar-refractivity contribution is -0.142. The number of carbonyl (C=O) groups is 2. The Morgan fingerprint density at radius 2 is 1.90 bits per heavy atom. The molecule has 114 valence electrons. The van der Waals surface area contributed by atoms with Gasteiger partial charge in [0, 0.05) is 13.0 Å². The van der Waals surface area contributed by atoms with Crippen LogP contribution >= 0.6 is 0 Å². The molecule has 0 aliphatic carbocycles. The summed E-state index contributed by atoms with van der Waals surface area (Å²) in [4.78, 5) is 25.7. The summed E-state index contributed by atoms with van der Waals surface area (Å²) in [6.45, 7) is 8.66. The second kappa shape index (κ2) is 5.88. The number of hydrogen-bond donors (Lipinski definition) is 1. The Bertz CT molecular complexity index is 545. The fourth-order valence-electron chi connectivity index (χ4n) is 3.27. The average molecular weight is 289 g/mol. The molecule has 1 heterocycles. The van der Waals surface area contributed by atoms with Crippen molar-refractivity contribution < 1.29 is 14.7 Å². The van der Waals surface area contributed by atoms with Crippen molar-refractivity contribution in [2.75, 3.05) is 6.54 Å². The first-order valence-corrected chi connectivity index (χ1v) is 7.41. The Balaban J connectivity index is 2.52. The van der Waals surface area contributed by atoms with Gasteiger partial charge in [-0.15, -0.1) is 0 Å². The molecule has 2 atom stereocenters. The van der Waals surface area contributed by atoms with Gasteiger partial charge in [0.15, 0.2) is 0 Å². The molecule has 1 aromatic rings. The van der Waals surface area contributed by atoms with Crippen LogP contribution in [0.4, 0.5) is 0 Å². The molecule has 0 aromatic heterocycles. The highest BCUT2D eigenvalue weighted by molar-refractivity contribution is 5.87. The van der Waals surface area contributed by atoms with Crippen LogP contribution in [0.3, 0.4) is 0 Å². The first-order valence-electron chi connectivity index (χ1n) is 7.41. The average Bonchev–Trinajstić information content (AvgIpc) is 2.67. The van der Waals surface area contributed by atoms with E-state index in [2.05, 4.69) is 0 Å². The molecule has 2 unspecified atom stereocenters. The topological polar surface area (TPSA) is 57.6 Å². The Kier molecular flexibility index (Phi) is 4.35. The summed E-state index contributed by atoms with van der Waals surface area (Å²) in [6.07, 6.45) is 0.0977. The van der Waals surface area contributed by atoms with Gasteiger partial charge in [-0.25, -0.2) is 0 Å². The van der Waals surface area contributed by atoms with Crippen LogP contribution in [0.15, 0.2) is 18.2 Å². The van der Waals surface area contributed by atoms with Gasteiger partial charge in [0.1, 0.15) is 0 Å². The van der Waals surface area contributed by atoms with E-state index in [1.54, 1.807) is 4.90 Å². The fraction of sp³-hybridized carbons (Fsp3) is 0.529. The number of carbonyl (C=O) groups excluding carboxylic acids is 1. The Hall–Kier alpha value is -1.84. The van der Waals surface area contributed by atoms with Crippen molar-refractivity contribution in [2.24, 2.45) is 11.8 Å². The number of amides is 1. The highest BCUT2D eigenvalue weighted by atomic mass is 16.4. The number of aliphatic carboxylic acids is 1. The van der Waals surface area contributed by atoms with E-state index in [4.69, 9.17) is 0 Å². The SMILES string of the molecule is Cc1cccc(C)c1C1C(C(=O)O)CC(=O)N1CC(C)C. The molecule has 21 heavy (non-hydrogen) atoms. The molecule has 4 nitrogen and oxygen atoms in total. The van der Waals surface area contributed by atoms with Gasteiger partial charge in [0.25, 0.3) is 0 Å². The summed E-state index contributed by atoms with van der Waals surface area (Å²) in [5, 5.41) is 9.52. The van der Waals surface area contributed by atoms with E-state index in [-0.39, 0.29) is 18.4 Å². The maximum atomic E-state index is 12.3. The molecule has 1 fully saturated rings. The van der Waals surface area contributed by atoms with E-state index in [0.29, 0.717) is 12.5 Å². The van der Waals surface area contributed by atoms with Crippen LogP contribution < -0.4 is 0 Å². The number of nitrogens with zero attached hydrogens (tertiary/aromatic N) is 1. The van der Waals surface area contributed by atoms with Crippen LogP contribution in [0, 0.1) is 25.7 Å².